The van der Waals surface area contributed by atoms with Crippen LogP contribution in [-0.2, 0) is 16.1 Å². The van der Waals surface area contributed by atoms with E-state index in [-0.39, 0.29) is 5.57 Å². The third-order valence-corrected chi connectivity index (χ3v) is 5.28. The third kappa shape index (κ3) is 3.04. The molecule has 0 unspecified atom stereocenters. The number of urea groups is 1. The summed E-state index contributed by atoms with van der Waals surface area (Å²) in [6.45, 7) is 0.641. The summed E-state index contributed by atoms with van der Waals surface area (Å²) in [6.07, 6.45) is 3.45. The number of hydrogen-bond acceptors (Lipinski definition) is 3. The molecule has 6 heteroatoms. The highest BCUT2D eigenvalue weighted by atomic mass is 16.2. The molecule has 0 saturated carbocycles. The highest BCUT2D eigenvalue weighted by Gasteiger charge is 2.28. The van der Waals surface area contributed by atoms with Gasteiger partial charge < -0.3 is 4.57 Å². The molecule has 1 aromatic heterocycles. The number of benzene rings is 3. The van der Waals surface area contributed by atoms with E-state index in [1.807, 2.05) is 48.7 Å². The molecule has 1 aliphatic rings. The van der Waals surface area contributed by atoms with Crippen LogP contribution >= 0.6 is 0 Å². The van der Waals surface area contributed by atoms with E-state index in [9.17, 15) is 14.4 Å². The van der Waals surface area contributed by atoms with Gasteiger partial charge in [-0.2, -0.15) is 0 Å². The lowest BCUT2D eigenvalue weighted by molar-refractivity contribution is -0.123. The van der Waals surface area contributed by atoms with E-state index in [1.54, 1.807) is 0 Å². The van der Waals surface area contributed by atoms with Gasteiger partial charge in [0.2, 0.25) is 0 Å². The Morgan fingerprint density at radius 3 is 2.23 bits per heavy atom. The molecule has 0 atom stereocenters. The van der Waals surface area contributed by atoms with Crippen molar-refractivity contribution in [2.24, 2.45) is 0 Å². The molecule has 30 heavy (non-hydrogen) atoms. The second-order valence-electron chi connectivity index (χ2n) is 7.16. The van der Waals surface area contributed by atoms with Crippen molar-refractivity contribution < 1.29 is 14.4 Å². The van der Waals surface area contributed by atoms with Gasteiger partial charge in [-0.25, -0.2) is 4.79 Å². The quantitative estimate of drug-likeness (QED) is 0.411. The maximum Gasteiger partial charge on any atom is 0.328 e. The number of nitrogens with zero attached hydrogens (tertiary/aromatic N) is 1. The van der Waals surface area contributed by atoms with Gasteiger partial charge in [0.15, 0.2) is 0 Å². The molecule has 0 spiro atoms. The molecule has 5 rings (SSSR count). The lowest BCUT2D eigenvalue weighted by Gasteiger charge is -2.13. The SMILES string of the molecule is O=C1NC(=O)C(=Cc2cn(Cc3cccc4ccccc34)c3ccccc23)C(=O)N1. The summed E-state index contributed by atoms with van der Waals surface area (Å²) in [5.41, 5.74) is 2.81. The molecule has 2 heterocycles. The van der Waals surface area contributed by atoms with Gasteiger partial charge in [-0.1, -0.05) is 60.7 Å². The van der Waals surface area contributed by atoms with Crippen LogP contribution in [0.4, 0.5) is 4.79 Å². The minimum atomic E-state index is -0.805. The van der Waals surface area contributed by atoms with Gasteiger partial charge in [0.05, 0.1) is 0 Å². The number of amides is 4. The minimum Gasteiger partial charge on any atom is -0.342 e. The summed E-state index contributed by atoms with van der Waals surface area (Å²) in [7, 11) is 0. The Hall–Kier alpha value is -4.19. The first-order chi connectivity index (χ1) is 14.6. The van der Waals surface area contributed by atoms with Crippen LogP contribution in [0, 0.1) is 0 Å². The van der Waals surface area contributed by atoms with Crippen LogP contribution in [0.1, 0.15) is 11.1 Å². The van der Waals surface area contributed by atoms with E-state index < -0.39 is 17.8 Å². The molecule has 0 aliphatic carbocycles. The summed E-state index contributed by atoms with van der Waals surface area (Å²) in [5.74, 6) is -1.40. The zero-order valence-electron chi connectivity index (χ0n) is 15.9. The van der Waals surface area contributed by atoms with Crippen molar-refractivity contribution in [3.05, 3.63) is 89.6 Å². The average Bonchev–Trinajstić information content (AvgIpc) is 3.08. The van der Waals surface area contributed by atoms with E-state index >= 15 is 0 Å². The monoisotopic (exact) mass is 395 g/mol. The fourth-order valence-corrected chi connectivity index (χ4v) is 3.90. The summed E-state index contributed by atoms with van der Waals surface area (Å²) in [4.78, 5) is 35.6. The second kappa shape index (κ2) is 7.00. The van der Waals surface area contributed by atoms with E-state index in [2.05, 4.69) is 39.5 Å². The van der Waals surface area contributed by atoms with Crippen LogP contribution < -0.4 is 10.6 Å². The van der Waals surface area contributed by atoms with Crippen LogP contribution in [0.25, 0.3) is 27.8 Å². The molecular formula is C24H17N3O3. The number of nitrogens with one attached hydrogen (secondary N) is 2. The minimum absolute atomic E-state index is 0.0948. The van der Waals surface area contributed by atoms with Gasteiger partial charge >= 0.3 is 6.03 Å². The maximum absolute atomic E-state index is 12.1. The van der Waals surface area contributed by atoms with Crippen molar-refractivity contribution in [1.29, 1.82) is 0 Å². The normalized spacial score (nSPS) is 14.1. The summed E-state index contributed by atoms with van der Waals surface area (Å²) >= 11 is 0. The molecule has 4 aromatic rings. The van der Waals surface area contributed by atoms with Gasteiger partial charge in [0.25, 0.3) is 11.8 Å². The Morgan fingerprint density at radius 1 is 0.767 bits per heavy atom. The molecule has 0 radical (unpaired) electrons. The third-order valence-electron chi connectivity index (χ3n) is 5.28. The Morgan fingerprint density at radius 2 is 1.43 bits per heavy atom. The maximum atomic E-state index is 12.1. The van der Waals surface area contributed by atoms with Crippen LogP contribution in [0.2, 0.25) is 0 Å². The summed E-state index contributed by atoms with van der Waals surface area (Å²) in [6, 6.07) is 21.5. The smallest absolute Gasteiger partial charge is 0.328 e. The molecule has 1 fully saturated rings. The molecular weight excluding hydrogens is 378 g/mol. The average molecular weight is 395 g/mol. The lowest BCUT2D eigenvalue weighted by atomic mass is 10.0. The number of para-hydroxylation sites is 1. The Kier molecular flexibility index (Phi) is 4.17. The standard InChI is InChI=1S/C24H17N3O3/c28-22-20(23(29)26-24(30)25-22)12-17-14-27(21-11-4-3-10-19(17)21)13-16-8-5-7-15-6-1-2-9-18(15)16/h1-12,14H,13H2,(H2,25,26,28,29,30). The Balaban J connectivity index is 1.61. The van der Waals surface area contributed by atoms with Crippen molar-refractivity contribution in [2.75, 3.05) is 0 Å². The number of hydrogen-bond donors (Lipinski definition) is 2. The first kappa shape index (κ1) is 17.9. The number of carbonyl (C=O) groups excluding carboxylic acids is 3. The van der Waals surface area contributed by atoms with E-state index in [4.69, 9.17) is 0 Å². The first-order valence-electron chi connectivity index (χ1n) is 9.53. The van der Waals surface area contributed by atoms with E-state index in [0.717, 1.165) is 16.5 Å². The van der Waals surface area contributed by atoms with Crippen molar-refractivity contribution in [1.82, 2.24) is 15.2 Å². The number of carbonyl (C=O) groups is 3. The fraction of sp³-hybridized carbons (Fsp3) is 0.0417. The highest BCUT2D eigenvalue weighted by molar-refractivity contribution is 6.31. The topological polar surface area (TPSA) is 80.2 Å². The molecule has 1 saturated heterocycles. The van der Waals surface area contributed by atoms with Crippen molar-refractivity contribution in [3.63, 3.8) is 0 Å². The van der Waals surface area contributed by atoms with Crippen LogP contribution in [0.15, 0.2) is 78.5 Å². The fourth-order valence-electron chi connectivity index (χ4n) is 3.90. The Labute approximate surface area is 171 Å². The number of barbiturate groups is 1. The highest BCUT2D eigenvalue weighted by Crippen LogP contribution is 2.27. The molecule has 3 aromatic carbocycles. The van der Waals surface area contributed by atoms with Crippen LogP contribution in [-0.4, -0.2) is 22.4 Å². The number of rotatable bonds is 3. The zero-order valence-corrected chi connectivity index (χ0v) is 15.9. The molecule has 2 N–H and O–H groups in total. The van der Waals surface area contributed by atoms with Crippen LogP contribution in [0.3, 0.4) is 0 Å². The summed E-state index contributed by atoms with van der Waals surface area (Å²) in [5, 5.41) is 7.50. The van der Waals surface area contributed by atoms with Crippen LogP contribution in [0.5, 0.6) is 0 Å². The van der Waals surface area contributed by atoms with Crippen molar-refractivity contribution in [2.45, 2.75) is 6.54 Å². The number of aromatic nitrogens is 1. The van der Waals surface area contributed by atoms with Gasteiger partial charge in [-0.05, 0) is 28.5 Å². The number of imide groups is 2. The summed E-state index contributed by atoms with van der Waals surface area (Å²) < 4.78 is 2.10. The van der Waals surface area contributed by atoms with Crippen molar-refractivity contribution >= 4 is 45.6 Å². The van der Waals surface area contributed by atoms with Gasteiger partial charge in [0, 0.05) is 29.2 Å². The first-order valence-corrected chi connectivity index (χ1v) is 9.53. The zero-order chi connectivity index (χ0) is 20.7. The van der Waals surface area contributed by atoms with Gasteiger partial charge in [-0.3, -0.25) is 20.2 Å². The second-order valence-corrected chi connectivity index (χ2v) is 7.16. The molecule has 4 amide bonds. The van der Waals surface area contributed by atoms with Gasteiger partial charge in [0.1, 0.15) is 5.57 Å². The Bertz CT molecular complexity index is 1350. The predicted octanol–water partition coefficient (Wildman–Crippen LogP) is 3.59. The predicted molar refractivity (Wildman–Crippen MR) is 115 cm³/mol. The molecule has 146 valence electrons. The lowest BCUT2D eigenvalue weighted by Crippen LogP contribution is -2.51. The molecule has 0 bridgehead atoms. The number of fused-ring (bicyclic) bond motifs is 2. The van der Waals surface area contributed by atoms with E-state index in [0.29, 0.717) is 6.54 Å². The molecule has 6 nitrogen and oxygen atoms in total. The van der Waals surface area contributed by atoms with E-state index in [1.165, 1.54) is 22.4 Å². The van der Waals surface area contributed by atoms with Crippen molar-refractivity contribution in [3.8, 4) is 0 Å². The molecule has 1 aliphatic heterocycles. The van der Waals surface area contributed by atoms with Gasteiger partial charge in [-0.15, -0.1) is 0 Å². The largest absolute Gasteiger partial charge is 0.342 e.